The van der Waals surface area contributed by atoms with Crippen molar-refractivity contribution in [2.45, 2.75) is 31.1 Å². The molecule has 1 N–H and O–H groups in total. The van der Waals surface area contributed by atoms with Gasteiger partial charge in [0.15, 0.2) is 0 Å². The third kappa shape index (κ3) is 4.57. The molecule has 1 fully saturated rings. The normalized spacial score (nSPS) is 16.1. The highest BCUT2D eigenvalue weighted by Crippen LogP contribution is 2.26. The number of sulfonamides is 1. The van der Waals surface area contributed by atoms with Gasteiger partial charge in [0.25, 0.3) is 5.91 Å². The van der Waals surface area contributed by atoms with Crippen LogP contribution in [0, 0.1) is 0 Å². The van der Waals surface area contributed by atoms with E-state index in [4.69, 9.17) is 11.6 Å². The van der Waals surface area contributed by atoms with Crippen LogP contribution in [-0.2, 0) is 15.4 Å². The van der Waals surface area contributed by atoms with Crippen molar-refractivity contribution in [3.8, 4) is 5.75 Å². The van der Waals surface area contributed by atoms with Crippen LogP contribution >= 0.6 is 11.6 Å². The molecule has 0 aliphatic carbocycles. The van der Waals surface area contributed by atoms with Gasteiger partial charge in [-0.15, -0.1) is 0 Å². The first-order chi connectivity index (χ1) is 13.5. The van der Waals surface area contributed by atoms with Gasteiger partial charge in [0.2, 0.25) is 10.0 Å². The van der Waals surface area contributed by atoms with Gasteiger partial charge in [0.05, 0.1) is 10.5 Å². The average Bonchev–Trinajstić information content (AvgIpc) is 2.69. The van der Waals surface area contributed by atoms with Gasteiger partial charge in [0.1, 0.15) is 5.75 Å². The van der Waals surface area contributed by atoms with Gasteiger partial charge >= 0.3 is 0 Å². The van der Waals surface area contributed by atoms with E-state index in [2.05, 4.69) is 20.8 Å². The molecule has 0 bridgehead atoms. The number of carbonyl (C=O) groups is 1. The van der Waals surface area contributed by atoms with Crippen molar-refractivity contribution in [3.63, 3.8) is 0 Å². The van der Waals surface area contributed by atoms with Gasteiger partial charge in [0, 0.05) is 31.2 Å². The number of carbonyl (C=O) groups excluding carboxylic acids is 1. The van der Waals surface area contributed by atoms with Crippen molar-refractivity contribution in [2.75, 3.05) is 26.2 Å². The summed E-state index contributed by atoms with van der Waals surface area (Å²) in [5.74, 6) is -0.509. The lowest BCUT2D eigenvalue weighted by atomic mass is 9.87. The number of hydrogen-bond acceptors (Lipinski definition) is 4. The number of halogens is 1. The molecule has 0 aromatic heterocycles. The summed E-state index contributed by atoms with van der Waals surface area (Å²) in [6.45, 7) is 7.08. The van der Waals surface area contributed by atoms with E-state index in [1.165, 1.54) is 27.4 Å². The van der Waals surface area contributed by atoms with Gasteiger partial charge in [-0.2, -0.15) is 4.31 Å². The molecule has 1 aliphatic heterocycles. The average molecular weight is 437 g/mol. The Morgan fingerprint density at radius 3 is 2.14 bits per heavy atom. The second-order valence-corrected chi connectivity index (χ2v) is 10.5. The Labute approximate surface area is 176 Å². The first-order valence-corrected chi connectivity index (χ1v) is 11.2. The molecule has 3 rings (SSSR count). The molecule has 1 saturated heterocycles. The van der Waals surface area contributed by atoms with Crippen LogP contribution in [-0.4, -0.2) is 54.8 Å². The summed E-state index contributed by atoms with van der Waals surface area (Å²) in [4.78, 5) is 14.4. The van der Waals surface area contributed by atoms with Crippen molar-refractivity contribution in [2.24, 2.45) is 0 Å². The third-order valence-electron chi connectivity index (χ3n) is 5.07. The molecule has 1 heterocycles. The summed E-state index contributed by atoms with van der Waals surface area (Å²) in [6.07, 6.45) is 0. The monoisotopic (exact) mass is 436 g/mol. The fraction of sp³-hybridized carbons (Fsp3) is 0.381. The fourth-order valence-corrected chi connectivity index (χ4v) is 4.85. The zero-order valence-electron chi connectivity index (χ0n) is 16.7. The van der Waals surface area contributed by atoms with Gasteiger partial charge < -0.3 is 10.0 Å². The molecule has 8 heteroatoms. The van der Waals surface area contributed by atoms with Gasteiger partial charge in [-0.25, -0.2) is 8.42 Å². The van der Waals surface area contributed by atoms with Crippen LogP contribution < -0.4 is 0 Å². The molecule has 6 nitrogen and oxygen atoms in total. The summed E-state index contributed by atoms with van der Waals surface area (Å²) in [5, 5.41) is 10.3. The van der Waals surface area contributed by atoms with E-state index < -0.39 is 10.0 Å². The fourth-order valence-electron chi connectivity index (χ4n) is 3.26. The van der Waals surface area contributed by atoms with Gasteiger partial charge in [-0.3, -0.25) is 4.79 Å². The van der Waals surface area contributed by atoms with E-state index >= 15 is 0 Å². The molecule has 0 radical (unpaired) electrons. The summed E-state index contributed by atoms with van der Waals surface area (Å²) < 4.78 is 27.3. The number of aromatic hydroxyl groups is 1. The highest BCUT2D eigenvalue weighted by molar-refractivity contribution is 7.89. The zero-order chi connectivity index (χ0) is 21.4. The Hall–Kier alpha value is -2.09. The van der Waals surface area contributed by atoms with E-state index in [1.807, 2.05) is 12.1 Å². The molecule has 0 saturated carbocycles. The molecule has 2 aromatic rings. The number of benzene rings is 2. The SMILES string of the molecule is CC(C)(C)c1ccc(S(=O)(=O)N2CCN(C(=O)c3cc(Cl)ccc3O)CC2)cc1. The van der Waals surface area contributed by atoms with Crippen molar-refractivity contribution in [1.82, 2.24) is 9.21 Å². The number of nitrogens with zero attached hydrogens (tertiary/aromatic N) is 2. The molecule has 0 spiro atoms. The van der Waals surface area contributed by atoms with Crippen LogP contribution in [0.4, 0.5) is 0 Å². The highest BCUT2D eigenvalue weighted by atomic mass is 35.5. The first kappa shape index (κ1) is 21.6. The van der Waals surface area contributed by atoms with E-state index in [-0.39, 0.29) is 53.7 Å². The molecule has 0 unspecified atom stereocenters. The number of piperazine rings is 1. The zero-order valence-corrected chi connectivity index (χ0v) is 18.3. The Balaban J connectivity index is 1.71. The molecule has 0 atom stereocenters. The smallest absolute Gasteiger partial charge is 0.257 e. The summed E-state index contributed by atoms with van der Waals surface area (Å²) in [6, 6.07) is 11.2. The predicted molar refractivity (Wildman–Crippen MR) is 113 cm³/mol. The quantitative estimate of drug-likeness (QED) is 0.798. The number of amides is 1. The second kappa shape index (κ2) is 7.97. The van der Waals surface area contributed by atoms with E-state index in [0.717, 1.165) is 5.56 Å². The van der Waals surface area contributed by atoms with Gasteiger partial charge in [-0.1, -0.05) is 44.5 Å². The lowest BCUT2D eigenvalue weighted by molar-refractivity contribution is 0.0695. The minimum atomic E-state index is -3.63. The van der Waals surface area contributed by atoms with E-state index in [0.29, 0.717) is 5.02 Å². The highest BCUT2D eigenvalue weighted by Gasteiger charge is 2.31. The Bertz CT molecular complexity index is 1010. The van der Waals surface area contributed by atoms with Crippen LogP contribution in [0.15, 0.2) is 47.4 Å². The van der Waals surface area contributed by atoms with Crippen molar-refractivity contribution in [3.05, 3.63) is 58.6 Å². The predicted octanol–water partition coefficient (Wildman–Crippen LogP) is 3.49. The van der Waals surface area contributed by atoms with Crippen LogP contribution in [0.1, 0.15) is 36.7 Å². The number of phenolic OH excluding ortho intramolecular Hbond substituents is 1. The Kier molecular flexibility index (Phi) is 5.94. The second-order valence-electron chi connectivity index (χ2n) is 8.13. The maximum absolute atomic E-state index is 13.0. The first-order valence-electron chi connectivity index (χ1n) is 9.38. The number of rotatable bonds is 3. The maximum Gasteiger partial charge on any atom is 0.257 e. The van der Waals surface area contributed by atoms with E-state index in [1.54, 1.807) is 12.1 Å². The van der Waals surface area contributed by atoms with Crippen molar-refractivity contribution in [1.29, 1.82) is 0 Å². The Morgan fingerprint density at radius 2 is 1.59 bits per heavy atom. The molecular formula is C21H25ClN2O4S. The minimum Gasteiger partial charge on any atom is -0.507 e. The molecule has 1 aliphatic rings. The van der Waals surface area contributed by atoms with Crippen molar-refractivity contribution >= 4 is 27.5 Å². The topological polar surface area (TPSA) is 77.9 Å². The van der Waals surface area contributed by atoms with E-state index in [9.17, 15) is 18.3 Å². The minimum absolute atomic E-state index is 0.0554. The molecular weight excluding hydrogens is 412 g/mol. The third-order valence-corrected chi connectivity index (χ3v) is 7.22. The van der Waals surface area contributed by atoms with Crippen LogP contribution in [0.25, 0.3) is 0 Å². The molecule has 1 amide bonds. The Morgan fingerprint density at radius 1 is 1.00 bits per heavy atom. The van der Waals surface area contributed by atoms with Crippen molar-refractivity contribution < 1.29 is 18.3 Å². The van der Waals surface area contributed by atoms with Crippen LogP contribution in [0.5, 0.6) is 5.75 Å². The number of hydrogen-bond donors (Lipinski definition) is 1. The summed E-state index contributed by atoms with van der Waals surface area (Å²) in [7, 11) is -3.63. The van der Waals surface area contributed by atoms with Crippen LogP contribution in [0.3, 0.4) is 0 Å². The van der Waals surface area contributed by atoms with Gasteiger partial charge in [-0.05, 0) is 41.3 Å². The summed E-state index contributed by atoms with van der Waals surface area (Å²) in [5.41, 5.74) is 1.12. The molecule has 2 aromatic carbocycles. The molecule has 29 heavy (non-hydrogen) atoms. The number of phenols is 1. The lowest BCUT2D eigenvalue weighted by Crippen LogP contribution is -2.50. The summed E-state index contributed by atoms with van der Waals surface area (Å²) >= 11 is 5.92. The van der Waals surface area contributed by atoms with Crippen LogP contribution in [0.2, 0.25) is 5.02 Å². The lowest BCUT2D eigenvalue weighted by Gasteiger charge is -2.34. The largest absolute Gasteiger partial charge is 0.507 e. The maximum atomic E-state index is 13.0. The standard InChI is InChI=1S/C21H25ClN2O4S/c1-21(2,3)15-4-7-17(8-5-15)29(27,28)24-12-10-23(11-13-24)20(26)18-14-16(22)6-9-19(18)25/h4-9,14,25H,10-13H2,1-3H3. The molecule has 156 valence electrons.